The van der Waals surface area contributed by atoms with E-state index in [0.717, 1.165) is 11.3 Å². The molecule has 1 saturated heterocycles. The number of rotatable bonds is 5. The van der Waals surface area contributed by atoms with Gasteiger partial charge < -0.3 is 20.1 Å². The molecule has 0 radical (unpaired) electrons. The van der Waals surface area contributed by atoms with Crippen LogP contribution in [0.4, 0.5) is 0 Å². The van der Waals surface area contributed by atoms with Crippen LogP contribution in [-0.4, -0.2) is 43.7 Å². The van der Waals surface area contributed by atoms with E-state index in [0.29, 0.717) is 26.4 Å². The second-order valence-electron chi connectivity index (χ2n) is 5.04. The quantitative estimate of drug-likeness (QED) is 0.873. The van der Waals surface area contributed by atoms with E-state index in [1.54, 1.807) is 11.9 Å². The van der Waals surface area contributed by atoms with Gasteiger partial charge in [0.25, 0.3) is 0 Å². The monoisotopic (exact) mass is 278 g/mol. The standard InChI is InChI=1S/C15H22N2O3/c1-3-20-14-7-5-4-6-11(14)8-17(2)15(18)12-9-19-10-13(12)16/h4-7,12-13H,3,8-10,16H2,1-2H3. The van der Waals surface area contributed by atoms with Crippen LogP contribution >= 0.6 is 0 Å². The molecule has 1 fully saturated rings. The number of ether oxygens (including phenoxy) is 2. The van der Waals surface area contributed by atoms with Crippen molar-refractivity contribution in [2.24, 2.45) is 11.7 Å². The molecule has 5 nitrogen and oxygen atoms in total. The third-order valence-corrected chi connectivity index (χ3v) is 3.50. The number of nitrogens with two attached hydrogens (primary N) is 1. The van der Waals surface area contributed by atoms with Crippen LogP contribution in [0.5, 0.6) is 5.75 Å². The zero-order valence-corrected chi connectivity index (χ0v) is 12.0. The summed E-state index contributed by atoms with van der Waals surface area (Å²) in [5.41, 5.74) is 6.89. The van der Waals surface area contributed by atoms with E-state index >= 15 is 0 Å². The first-order chi connectivity index (χ1) is 9.63. The summed E-state index contributed by atoms with van der Waals surface area (Å²) in [5.74, 6) is 0.613. The van der Waals surface area contributed by atoms with Crippen LogP contribution in [0, 0.1) is 5.92 Å². The van der Waals surface area contributed by atoms with Crippen molar-refractivity contribution in [2.75, 3.05) is 26.9 Å². The summed E-state index contributed by atoms with van der Waals surface area (Å²) in [6.07, 6.45) is 0. The van der Waals surface area contributed by atoms with Gasteiger partial charge in [0, 0.05) is 25.2 Å². The molecule has 0 aromatic heterocycles. The fourth-order valence-electron chi connectivity index (χ4n) is 2.37. The van der Waals surface area contributed by atoms with Crippen molar-refractivity contribution < 1.29 is 14.3 Å². The smallest absolute Gasteiger partial charge is 0.229 e. The lowest BCUT2D eigenvalue weighted by Gasteiger charge is -2.23. The minimum Gasteiger partial charge on any atom is -0.494 e. The summed E-state index contributed by atoms with van der Waals surface area (Å²) in [5, 5.41) is 0. The molecule has 1 aliphatic heterocycles. The second kappa shape index (κ2) is 6.72. The third-order valence-electron chi connectivity index (χ3n) is 3.50. The first-order valence-corrected chi connectivity index (χ1v) is 6.92. The summed E-state index contributed by atoms with van der Waals surface area (Å²) < 4.78 is 10.8. The van der Waals surface area contributed by atoms with Gasteiger partial charge in [0.15, 0.2) is 0 Å². The average Bonchev–Trinajstić information content (AvgIpc) is 2.86. The van der Waals surface area contributed by atoms with Gasteiger partial charge in [-0.05, 0) is 13.0 Å². The largest absolute Gasteiger partial charge is 0.494 e. The molecule has 2 atom stereocenters. The van der Waals surface area contributed by atoms with Crippen molar-refractivity contribution in [2.45, 2.75) is 19.5 Å². The van der Waals surface area contributed by atoms with Gasteiger partial charge in [-0.25, -0.2) is 0 Å². The number of benzene rings is 1. The van der Waals surface area contributed by atoms with Gasteiger partial charge in [0.1, 0.15) is 5.75 Å². The molecule has 2 rings (SSSR count). The van der Waals surface area contributed by atoms with Crippen molar-refractivity contribution in [1.29, 1.82) is 0 Å². The summed E-state index contributed by atoms with van der Waals surface area (Å²) >= 11 is 0. The second-order valence-corrected chi connectivity index (χ2v) is 5.04. The van der Waals surface area contributed by atoms with Crippen molar-refractivity contribution >= 4 is 5.91 Å². The fraction of sp³-hybridized carbons (Fsp3) is 0.533. The van der Waals surface area contributed by atoms with E-state index in [1.807, 2.05) is 31.2 Å². The SMILES string of the molecule is CCOc1ccccc1CN(C)C(=O)C1COCC1N. The summed E-state index contributed by atoms with van der Waals surface area (Å²) in [6, 6.07) is 7.56. The Balaban J connectivity index is 2.03. The third kappa shape index (κ3) is 3.29. The predicted molar refractivity (Wildman–Crippen MR) is 76.4 cm³/mol. The lowest BCUT2D eigenvalue weighted by molar-refractivity contribution is -0.135. The van der Waals surface area contributed by atoms with Crippen LogP contribution < -0.4 is 10.5 Å². The first kappa shape index (κ1) is 14.8. The van der Waals surface area contributed by atoms with Gasteiger partial charge in [-0.3, -0.25) is 4.79 Å². The Morgan fingerprint density at radius 1 is 1.45 bits per heavy atom. The maximum absolute atomic E-state index is 12.4. The van der Waals surface area contributed by atoms with Crippen LogP contribution in [0.2, 0.25) is 0 Å². The van der Waals surface area contributed by atoms with Crippen LogP contribution in [-0.2, 0) is 16.1 Å². The van der Waals surface area contributed by atoms with Gasteiger partial charge in [-0.15, -0.1) is 0 Å². The molecule has 0 saturated carbocycles. The number of hydrogen-bond donors (Lipinski definition) is 1. The van der Waals surface area contributed by atoms with Crippen LogP contribution in [0.15, 0.2) is 24.3 Å². The summed E-state index contributed by atoms with van der Waals surface area (Å²) in [7, 11) is 1.79. The molecule has 0 spiro atoms. The van der Waals surface area contributed by atoms with Gasteiger partial charge in [-0.2, -0.15) is 0 Å². The Morgan fingerprint density at radius 2 is 2.20 bits per heavy atom. The van der Waals surface area contributed by atoms with E-state index in [-0.39, 0.29) is 17.9 Å². The van der Waals surface area contributed by atoms with E-state index in [9.17, 15) is 4.79 Å². The topological polar surface area (TPSA) is 64.8 Å². The highest BCUT2D eigenvalue weighted by molar-refractivity contribution is 5.79. The number of para-hydroxylation sites is 1. The molecule has 1 heterocycles. The van der Waals surface area contributed by atoms with Crippen LogP contribution in [0.1, 0.15) is 12.5 Å². The molecule has 2 unspecified atom stereocenters. The van der Waals surface area contributed by atoms with Gasteiger partial charge in [0.2, 0.25) is 5.91 Å². The van der Waals surface area contributed by atoms with E-state index < -0.39 is 0 Å². The highest BCUT2D eigenvalue weighted by Gasteiger charge is 2.33. The average molecular weight is 278 g/mol. The molecule has 1 aliphatic rings. The Labute approximate surface area is 119 Å². The Kier molecular flexibility index (Phi) is 4.98. The van der Waals surface area contributed by atoms with E-state index in [1.165, 1.54) is 0 Å². The molecule has 1 amide bonds. The molecule has 2 N–H and O–H groups in total. The maximum Gasteiger partial charge on any atom is 0.229 e. The van der Waals surface area contributed by atoms with Crippen molar-refractivity contribution in [3.8, 4) is 5.75 Å². The van der Waals surface area contributed by atoms with Gasteiger partial charge in [0.05, 0.1) is 25.7 Å². The number of carbonyl (C=O) groups is 1. The lowest BCUT2D eigenvalue weighted by atomic mass is 10.0. The Morgan fingerprint density at radius 3 is 2.85 bits per heavy atom. The van der Waals surface area contributed by atoms with Crippen molar-refractivity contribution in [3.63, 3.8) is 0 Å². The molecule has 0 aliphatic carbocycles. The van der Waals surface area contributed by atoms with E-state index in [4.69, 9.17) is 15.2 Å². The molecule has 110 valence electrons. The van der Waals surface area contributed by atoms with E-state index in [2.05, 4.69) is 0 Å². The Hall–Kier alpha value is -1.59. The van der Waals surface area contributed by atoms with Gasteiger partial charge >= 0.3 is 0 Å². The molecular formula is C15H22N2O3. The lowest BCUT2D eigenvalue weighted by Crippen LogP contribution is -2.41. The Bertz CT molecular complexity index is 464. The summed E-state index contributed by atoms with van der Waals surface area (Å²) in [6.45, 7) is 3.94. The molecule has 1 aromatic rings. The van der Waals surface area contributed by atoms with Gasteiger partial charge in [-0.1, -0.05) is 18.2 Å². The predicted octanol–water partition coefficient (Wildman–Crippen LogP) is 1.02. The normalized spacial score (nSPS) is 21.8. The highest BCUT2D eigenvalue weighted by atomic mass is 16.5. The molecule has 1 aromatic carbocycles. The van der Waals surface area contributed by atoms with Crippen molar-refractivity contribution in [1.82, 2.24) is 4.90 Å². The van der Waals surface area contributed by atoms with Crippen molar-refractivity contribution in [3.05, 3.63) is 29.8 Å². The number of hydrogen-bond acceptors (Lipinski definition) is 4. The fourth-order valence-corrected chi connectivity index (χ4v) is 2.37. The molecular weight excluding hydrogens is 256 g/mol. The van der Waals surface area contributed by atoms with Crippen LogP contribution in [0.25, 0.3) is 0 Å². The number of nitrogens with zero attached hydrogens (tertiary/aromatic N) is 1. The molecule has 0 bridgehead atoms. The molecule has 20 heavy (non-hydrogen) atoms. The summed E-state index contributed by atoms with van der Waals surface area (Å²) in [4.78, 5) is 14.0. The molecule has 5 heteroatoms. The minimum atomic E-state index is -0.237. The highest BCUT2D eigenvalue weighted by Crippen LogP contribution is 2.21. The number of amides is 1. The maximum atomic E-state index is 12.4. The zero-order valence-electron chi connectivity index (χ0n) is 12.0. The zero-order chi connectivity index (χ0) is 14.5. The number of carbonyl (C=O) groups excluding carboxylic acids is 1. The van der Waals surface area contributed by atoms with Crippen LogP contribution in [0.3, 0.4) is 0 Å². The minimum absolute atomic E-state index is 0.0290. The first-order valence-electron chi connectivity index (χ1n) is 6.92.